The third kappa shape index (κ3) is 4.07. The van der Waals surface area contributed by atoms with Gasteiger partial charge in [-0.1, -0.05) is 18.7 Å². The van der Waals surface area contributed by atoms with Gasteiger partial charge in [-0.3, -0.25) is 4.79 Å². The van der Waals surface area contributed by atoms with Crippen molar-refractivity contribution >= 4 is 23.9 Å². The highest BCUT2D eigenvalue weighted by Crippen LogP contribution is 2.68. The molecule has 0 bridgehead atoms. The molecule has 38 heavy (non-hydrogen) atoms. The Morgan fingerprint density at radius 2 is 1.79 bits per heavy atom. The topological polar surface area (TPSA) is 150 Å². The Hall–Kier alpha value is -3.02. The zero-order chi connectivity index (χ0) is 27.6. The van der Waals surface area contributed by atoms with Crippen LogP contribution in [0.15, 0.2) is 35.5 Å². The van der Waals surface area contributed by atoms with E-state index >= 15 is 0 Å². The van der Waals surface area contributed by atoms with E-state index in [2.05, 4.69) is 6.58 Å². The first-order valence-electron chi connectivity index (χ1n) is 12.7. The highest BCUT2D eigenvalue weighted by atomic mass is 16.7. The minimum Gasteiger partial charge on any atom is -0.461 e. The van der Waals surface area contributed by atoms with Crippen LogP contribution in [0, 0.1) is 17.8 Å². The van der Waals surface area contributed by atoms with Crippen LogP contribution < -0.4 is 0 Å². The monoisotopic (exact) mass is 532 g/mol. The van der Waals surface area contributed by atoms with Gasteiger partial charge < -0.3 is 33.5 Å². The second kappa shape index (κ2) is 9.32. The number of carbonyl (C=O) groups excluding carboxylic acids is 4. The number of hydrogen-bond donors (Lipinski definition) is 1. The molecule has 0 amide bonds. The summed E-state index contributed by atoms with van der Waals surface area (Å²) in [6, 6.07) is 0. The number of carbonyl (C=O) groups is 4. The van der Waals surface area contributed by atoms with Gasteiger partial charge in [0.25, 0.3) is 0 Å². The normalized spacial score (nSPS) is 40.9. The Labute approximate surface area is 219 Å². The van der Waals surface area contributed by atoms with Gasteiger partial charge in [-0.25, -0.2) is 14.4 Å². The fourth-order valence-corrected chi connectivity index (χ4v) is 6.53. The van der Waals surface area contributed by atoms with Crippen LogP contribution in [0.4, 0.5) is 0 Å². The number of hydrogen-bond acceptors (Lipinski definition) is 11. The molecule has 0 aromatic carbocycles. The maximum atomic E-state index is 13.1. The highest BCUT2D eigenvalue weighted by molar-refractivity contribution is 5.92. The molecule has 5 fully saturated rings. The van der Waals surface area contributed by atoms with E-state index in [0.717, 1.165) is 0 Å². The molecule has 0 aromatic heterocycles. The molecule has 11 nitrogen and oxygen atoms in total. The van der Waals surface area contributed by atoms with E-state index in [1.54, 1.807) is 13.8 Å². The second-order valence-electron chi connectivity index (χ2n) is 10.6. The van der Waals surface area contributed by atoms with Gasteiger partial charge in [0.1, 0.15) is 42.2 Å². The summed E-state index contributed by atoms with van der Waals surface area (Å²) in [7, 11) is 0. The van der Waals surface area contributed by atoms with Gasteiger partial charge >= 0.3 is 23.9 Å². The lowest BCUT2D eigenvalue weighted by molar-refractivity contribution is -0.158. The molecule has 2 aliphatic carbocycles. The quantitative estimate of drug-likeness (QED) is 0.216. The smallest absolute Gasteiger partial charge is 0.337 e. The highest BCUT2D eigenvalue weighted by Gasteiger charge is 2.82. The Bertz CT molecular complexity index is 1150. The molecular formula is C27H32O11. The van der Waals surface area contributed by atoms with Crippen molar-refractivity contribution in [1.29, 1.82) is 0 Å². The average molecular weight is 533 g/mol. The molecule has 5 rings (SSSR count). The molecule has 3 aliphatic heterocycles. The van der Waals surface area contributed by atoms with Crippen molar-refractivity contribution in [3.8, 4) is 0 Å². The molecule has 0 unspecified atom stereocenters. The lowest BCUT2D eigenvalue weighted by Gasteiger charge is -2.34. The molecule has 206 valence electrons. The number of esters is 4. The predicted octanol–water partition coefficient (Wildman–Crippen LogP) is 0.932. The Morgan fingerprint density at radius 3 is 2.37 bits per heavy atom. The van der Waals surface area contributed by atoms with E-state index in [1.165, 1.54) is 19.1 Å². The van der Waals surface area contributed by atoms with E-state index in [0.29, 0.717) is 6.61 Å². The van der Waals surface area contributed by atoms with Gasteiger partial charge in [0, 0.05) is 30.8 Å². The largest absolute Gasteiger partial charge is 0.461 e. The third-order valence-electron chi connectivity index (χ3n) is 8.60. The van der Waals surface area contributed by atoms with Crippen molar-refractivity contribution in [1.82, 2.24) is 0 Å². The number of allylic oxidation sites excluding steroid dienone is 2. The third-order valence-corrected chi connectivity index (χ3v) is 8.60. The molecule has 3 saturated heterocycles. The Balaban J connectivity index is 1.47. The average Bonchev–Trinajstić information content (AvgIpc) is 3.74. The van der Waals surface area contributed by atoms with Crippen molar-refractivity contribution in [3.63, 3.8) is 0 Å². The van der Waals surface area contributed by atoms with Crippen LogP contribution in [0.5, 0.6) is 0 Å². The molecule has 2 saturated carbocycles. The van der Waals surface area contributed by atoms with Crippen molar-refractivity contribution < 1.29 is 52.7 Å². The number of rotatable bonds is 7. The van der Waals surface area contributed by atoms with E-state index in [-0.39, 0.29) is 29.7 Å². The maximum Gasteiger partial charge on any atom is 0.337 e. The van der Waals surface area contributed by atoms with Gasteiger partial charge in [0.15, 0.2) is 0 Å². The summed E-state index contributed by atoms with van der Waals surface area (Å²) in [6.45, 7) is 9.94. The van der Waals surface area contributed by atoms with Gasteiger partial charge in [-0.2, -0.15) is 0 Å². The number of aliphatic hydroxyl groups excluding tert-OH is 1. The van der Waals surface area contributed by atoms with Crippen LogP contribution in [-0.2, 0) is 47.6 Å². The van der Waals surface area contributed by atoms with Crippen LogP contribution in [0.1, 0.15) is 34.1 Å². The summed E-state index contributed by atoms with van der Waals surface area (Å²) in [6.07, 6.45) is 0.454. The van der Waals surface area contributed by atoms with Crippen molar-refractivity contribution in [2.75, 3.05) is 19.8 Å². The molecule has 1 spiro atoms. The van der Waals surface area contributed by atoms with Crippen molar-refractivity contribution in [3.05, 3.63) is 35.5 Å². The first-order valence-corrected chi connectivity index (χ1v) is 12.7. The summed E-state index contributed by atoms with van der Waals surface area (Å²) < 4.78 is 34.7. The van der Waals surface area contributed by atoms with E-state index in [1.807, 2.05) is 6.92 Å². The van der Waals surface area contributed by atoms with Gasteiger partial charge in [0.05, 0.1) is 30.3 Å². The second-order valence-corrected chi connectivity index (χ2v) is 10.6. The summed E-state index contributed by atoms with van der Waals surface area (Å²) in [5.74, 6) is -3.98. The zero-order valence-electron chi connectivity index (χ0n) is 21.8. The van der Waals surface area contributed by atoms with E-state index < -0.39 is 83.9 Å². The fraction of sp³-hybridized carbons (Fsp3) is 0.630. The number of aliphatic hydroxyl groups is 1. The van der Waals surface area contributed by atoms with Crippen LogP contribution in [-0.4, -0.2) is 84.4 Å². The summed E-state index contributed by atoms with van der Waals surface area (Å²) in [5, 5.41) is 9.55. The van der Waals surface area contributed by atoms with E-state index in [9.17, 15) is 24.3 Å². The lowest BCUT2D eigenvalue weighted by Crippen LogP contribution is -2.45. The summed E-state index contributed by atoms with van der Waals surface area (Å²) >= 11 is 0. The molecule has 0 radical (unpaired) electrons. The summed E-state index contributed by atoms with van der Waals surface area (Å²) in [4.78, 5) is 49.9. The molecular weight excluding hydrogens is 500 g/mol. The number of fused-ring (bicyclic) bond motifs is 6. The lowest BCUT2D eigenvalue weighted by atomic mass is 9.76. The predicted molar refractivity (Wildman–Crippen MR) is 127 cm³/mol. The van der Waals surface area contributed by atoms with Gasteiger partial charge in [-0.15, -0.1) is 0 Å². The molecule has 11 heteroatoms. The SMILES string of the molecule is C=C1C(=O)O[C@@H]2[C@@H]1[C@H](OC(=O)/C(=C\C)COC(C)=O)C[C@]1(CO1)[C@@H]1[C@@H](OC(=O)/C(=C/C)CO)[C@H]3O[C@@]3(C)[C@@H]21. The molecule has 0 aromatic rings. The molecule has 3 heterocycles. The first kappa shape index (κ1) is 26.6. The summed E-state index contributed by atoms with van der Waals surface area (Å²) in [5.41, 5.74) is -1.12. The minimum absolute atomic E-state index is 0.118. The maximum absolute atomic E-state index is 13.1. The van der Waals surface area contributed by atoms with Gasteiger partial charge in [-0.05, 0) is 20.8 Å². The first-order chi connectivity index (χ1) is 18.0. The number of ether oxygens (including phenoxy) is 6. The van der Waals surface area contributed by atoms with Crippen molar-refractivity contribution in [2.24, 2.45) is 17.8 Å². The Kier molecular flexibility index (Phi) is 6.52. The zero-order valence-corrected chi connectivity index (χ0v) is 21.8. The standard InChI is InChI=1S/C27H32O11/c1-6-14(9-28)24(31)37-21-19-18(26(5)22(21)38-26)20-17(12(3)23(30)36-20)16(8-27(19)11-34-27)35-25(32)15(7-2)10-33-13(4)29/h6-7,16-22,28H,3,8-11H2,1-2,4-5H3/b14-6+,15-7-/t16-,17+,18-,19+,20-,21-,22-,26+,27+/m1/s1. The van der Waals surface area contributed by atoms with E-state index in [4.69, 9.17) is 28.4 Å². The fourth-order valence-electron chi connectivity index (χ4n) is 6.53. The van der Waals surface area contributed by atoms with Crippen LogP contribution in [0.2, 0.25) is 0 Å². The number of epoxide rings is 2. The van der Waals surface area contributed by atoms with Crippen LogP contribution in [0.25, 0.3) is 0 Å². The Morgan fingerprint density at radius 1 is 1.13 bits per heavy atom. The molecule has 1 N–H and O–H groups in total. The minimum atomic E-state index is -0.840. The molecule has 9 atom stereocenters. The van der Waals surface area contributed by atoms with Crippen LogP contribution >= 0.6 is 0 Å². The van der Waals surface area contributed by atoms with Crippen LogP contribution in [0.3, 0.4) is 0 Å². The molecule has 5 aliphatic rings. The van der Waals surface area contributed by atoms with Gasteiger partial charge in [0.2, 0.25) is 0 Å². The van der Waals surface area contributed by atoms with Crippen molar-refractivity contribution in [2.45, 2.75) is 69.7 Å².